The van der Waals surface area contributed by atoms with E-state index < -0.39 is 0 Å². The second kappa shape index (κ2) is 7.23. The summed E-state index contributed by atoms with van der Waals surface area (Å²) >= 11 is 0. The lowest BCUT2D eigenvalue weighted by atomic mass is 10.1. The maximum absolute atomic E-state index is 12.6. The summed E-state index contributed by atoms with van der Waals surface area (Å²) in [5.74, 6) is 2.37. The minimum Gasteiger partial charge on any atom is -0.454 e. The average Bonchev–Trinajstić information content (AvgIpc) is 3.49. The summed E-state index contributed by atoms with van der Waals surface area (Å²) in [5, 5.41) is 0. The van der Waals surface area contributed by atoms with Crippen molar-refractivity contribution in [1.82, 2.24) is 19.9 Å². The molecule has 4 rings (SSSR count). The molecule has 3 aromatic rings. The number of nitrogens with zero attached hydrogens (tertiary/aromatic N) is 4. The molecule has 136 valence electrons. The Kier molecular flexibility index (Phi) is 4.62. The number of Topliss-reactive ketones (excluding diaryl/α,β-unsaturated/α-hetero) is 1. The number of carbonyl (C=O) groups excluding carboxylic acids is 1. The summed E-state index contributed by atoms with van der Waals surface area (Å²) in [6.07, 6.45) is 7.62. The molecule has 0 radical (unpaired) electrons. The van der Waals surface area contributed by atoms with Gasteiger partial charge in [-0.15, -0.1) is 0 Å². The van der Waals surface area contributed by atoms with Crippen molar-refractivity contribution in [2.24, 2.45) is 0 Å². The Bertz CT molecular complexity index is 964. The van der Waals surface area contributed by atoms with Gasteiger partial charge in [-0.3, -0.25) is 9.78 Å². The van der Waals surface area contributed by atoms with Crippen LogP contribution in [-0.4, -0.2) is 25.7 Å². The van der Waals surface area contributed by atoms with Crippen LogP contribution in [0.4, 0.5) is 0 Å². The summed E-state index contributed by atoms with van der Waals surface area (Å²) in [6, 6.07) is 7.24. The Hall–Kier alpha value is -3.15. The van der Waals surface area contributed by atoms with Crippen molar-refractivity contribution in [3.05, 3.63) is 71.3 Å². The molecule has 3 heterocycles. The fourth-order valence-electron chi connectivity index (χ4n) is 2.76. The molecule has 0 N–H and O–H groups in total. The van der Waals surface area contributed by atoms with Crippen molar-refractivity contribution in [3.8, 4) is 11.5 Å². The Morgan fingerprint density at radius 3 is 2.48 bits per heavy atom. The molecule has 0 amide bonds. The number of hydrogen-bond acceptors (Lipinski definition) is 6. The minimum atomic E-state index is -0.0970. The number of aryl methyl sites for hydroxylation is 2. The van der Waals surface area contributed by atoms with Crippen LogP contribution in [0.2, 0.25) is 0 Å². The van der Waals surface area contributed by atoms with E-state index in [-0.39, 0.29) is 12.2 Å². The Morgan fingerprint density at radius 1 is 1.04 bits per heavy atom. The van der Waals surface area contributed by atoms with Gasteiger partial charge >= 0.3 is 0 Å². The molecule has 0 atom stereocenters. The first-order valence-corrected chi connectivity index (χ1v) is 9.00. The molecule has 0 saturated heterocycles. The van der Waals surface area contributed by atoms with E-state index in [1.807, 2.05) is 26.0 Å². The van der Waals surface area contributed by atoms with E-state index in [4.69, 9.17) is 4.74 Å². The smallest absolute Gasteiger partial charge is 0.187 e. The third-order valence-electron chi connectivity index (χ3n) is 4.35. The molecule has 27 heavy (non-hydrogen) atoms. The fourth-order valence-corrected chi connectivity index (χ4v) is 2.76. The van der Waals surface area contributed by atoms with Gasteiger partial charge in [0.1, 0.15) is 17.3 Å². The summed E-state index contributed by atoms with van der Waals surface area (Å²) in [5.41, 5.74) is 2.86. The quantitative estimate of drug-likeness (QED) is 0.619. The normalized spacial score (nSPS) is 13.4. The third kappa shape index (κ3) is 4.34. The monoisotopic (exact) mass is 360 g/mol. The van der Waals surface area contributed by atoms with Gasteiger partial charge in [-0.25, -0.2) is 15.0 Å². The summed E-state index contributed by atoms with van der Waals surface area (Å²) in [6.45, 7) is 3.80. The highest BCUT2D eigenvalue weighted by molar-refractivity contribution is 5.95. The van der Waals surface area contributed by atoms with E-state index in [1.165, 1.54) is 0 Å². The van der Waals surface area contributed by atoms with Gasteiger partial charge in [0.15, 0.2) is 11.5 Å². The molecule has 6 heteroatoms. The van der Waals surface area contributed by atoms with Crippen LogP contribution in [-0.2, 0) is 6.42 Å². The first-order chi connectivity index (χ1) is 13.1. The fraction of sp³-hybridized carbons (Fsp3) is 0.286. The number of aromatic nitrogens is 4. The van der Waals surface area contributed by atoms with Gasteiger partial charge in [0.2, 0.25) is 0 Å². The maximum atomic E-state index is 12.6. The lowest BCUT2D eigenvalue weighted by molar-refractivity contribution is 0.0986. The van der Waals surface area contributed by atoms with Crippen LogP contribution in [0.3, 0.4) is 0 Å². The molecule has 0 unspecified atom stereocenters. The van der Waals surface area contributed by atoms with Crippen molar-refractivity contribution in [1.29, 1.82) is 0 Å². The molecule has 1 aliphatic carbocycles. The van der Waals surface area contributed by atoms with Gasteiger partial charge in [-0.05, 0) is 38.3 Å². The zero-order chi connectivity index (χ0) is 18.8. The molecular formula is C21H20N4O2. The average molecular weight is 360 g/mol. The van der Waals surface area contributed by atoms with E-state index in [0.29, 0.717) is 28.8 Å². The van der Waals surface area contributed by atoms with E-state index in [1.54, 1.807) is 30.7 Å². The predicted octanol–water partition coefficient (Wildman–Crippen LogP) is 3.98. The van der Waals surface area contributed by atoms with Crippen LogP contribution in [0, 0.1) is 13.8 Å². The molecule has 0 aliphatic heterocycles. The Balaban J connectivity index is 1.49. The summed E-state index contributed by atoms with van der Waals surface area (Å²) in [4.78, 5) is 29.9. The molecule has 0 aromatic carbocycles. The standard InChI is InChI=1S/C21H20N4O2/c1-13-3-6-16(22-10-13)8-20(26)19-9-17(7-14(2)25-19)27-18-11-23-21(24-12-18)15-4-5-15/h3,6-7,9-12,15H,4-5,8H2,1-2H3. The molecule has 1 aliphatic rings. The third-order valence-corrected chi connectivity index (χ3v) is 4.35. The van der Waals surface area contributed by atoms with E-state index >= 15 is 0 Å². The van der Waals surface area contributed by atoms with Crippen molar-refractivity contribution in [2.75, 3.05) is 0 Å². The van der Waals surface area contributed by atoms with Crippen LogP contribution < -0.4 is 4.74 Å². The largest absolute Gasteiger partial charge is 0.454 e. The van der Waals surface area contributed by atoms with Crippen molar-refractivity contribution in [3.63, 3.8) is 0 Å². The van der Waals surface area contributed by atoms with Crippen LogP contribution in [0.25, 0.3) is 0 Å². The number of hydrogen-bond donors (Lipinski definition) is 0. The van der Waals surface area contributed by atoms with Crippen molar-refractivity contribution >= 4 is 5.78 Å². The molecule has 3 aromatic heterocycles. The zero-order valence-electron chi connectivity index (χ0n) is 15.3. The highest BCUT2D eigenvalue weighted by Gasteiger charge is 2.26. The maximum Gasteiger partial charge on any atom is 0.187 e. The Labute approximate surface area is 157 Å². The van der Waals surface area contributed by atoms with Crippen LogP contribution in [0.5, 0.6) is 11.5 Å². The Morgan fingerprint density at radius 2 is 1.81 bits per heavy atom. The van der Waals surface area contributed by atoms with Gasteiger partial charge in [0, 0.05) is 35.6 Å². The van der Waals surface area contributed by atoms with E-state index in [0.717, 1.165) is 29.9 Å². The molecular weight excluding hydrogens is 340 g/mol. The second-order valence-electron chi connectivity index (χ2n) is 6.91. The van der Waals surface area contributed by atoms with Crippen LogP contribution in [0.1, 0.15) is 52.0 Å². The van der Waals surface area contributed by atoms with Gasteiger partial charge in [0.25, 0.3) is 0 Å². The summed E-state index contributed by atoms with van der Waals surface area (Å²) < 4.78 is 5.84. The topological polar surface area (TPSA) is 77.9 Å². The van der Waals surface area contributed by atoms with Crippen LogP contribution >= 0.6 is 0 Å². The highest BCUT2D eigenvalue weighted by Crippen LogP contribution is 2.38. The van der Waals surface area contributed by atoms with Crippen molar-refractivity contribution in [2.45, 2.75) is 39.0 Å². The van der Waals surface area contributed by atoms with E-state index in [2.05, 4.69) is 19.9 Å². The number of pyridine rings is 2. The first kappa shape index (κ1) is 17.3. The first-order valence-electron chi connectivity index (χ1n) is 9.00. The molecule has 6 nitrogen and oxygen atoms in total. The van der Waals surface area contributed by atoms with Gasteiger partial charge in [-0.2, -0.15) is 0 Å². The van der Waals surface area contributed by atoms with Crippen molar-refractivity contribution < 1.29 is 9.53 Å². The van der Waals surface area contributed by atoms with Gasteiger partial charge in [0.05, 0.1) is 18.8 Å². The summed E-state index contributed by atoms with van der Waals surface area (Å²) in [7, 11) is 0. The lowest BCUT2D eigenvalue weighted by Gasteiger charge is -2.08. The number of ether oxygens (including phenoxy) is 1. The van der Waals surface area contributed by atoms with Gasteiger partial charge in [-0.1, -0.05) is 6.07 Å². The number of carbonyl (C=O) groups is 1. The molecule has 1 fully saturated rings. The number of ketones is 1. The highest BCUT2D eigenvalue weighted by atomic mass is 16.5. The van der Waals surface area contributed by atoms with E-state index in [9.17, 15) is 4.79 Å². The molecule has 0 bridgehead atoms. The lowest BCUT2D eigenvalue weighted by Crippen LogP contribution is -2.08. The molecule has 1 saturated carbocycles. The number of rotatable bonds is 6. The van der Waals surface area contributed by atoms with Crippen LogP contribution in [0.15, 0.2) is 42.9 Å². The predicted molar refractivity (Wildman–Crippen MR) is 100 cm³/mol. The minimum absolute atomic E-state index is 0.0970. The zero-order valence-corrected chi connectivity index (χ0v) is 15.3. The molecule has 0 spiro atoms. The SMILES string of the molecule is Cc1ccc(CC(=O)c2cc(Oc3cnc(C4CC4)nc3)cc(C)n2)nc1. The van der Waals surface area contributed by atoms with Gasteiger partial charge < -0.3 is 4.74 Å². The second-order valence-corrected chi connectivity index (χ2v) is 6.91.